The highest BCUT2D eigenvalue weighted by atomic mass is 16.3. The summed E-state index contributed by atoms with van der Waals surface area (Å²) in [7, 11) is 0. The smallest absolute Gasteiger partial charge is 0.137 e. The molecular weight excluding hydrogens is 210 g/mol. The van der Waals surface area contributed by atoms with Crippen molar-refractivity contribution in [3.8, 4) is 0 Å². The summed E-state index contributed by atoms with van der Waals surface area (Å²) in [5, 5.41) is 4.51. The van der Waals surface area contributed by atoms with E-state index in [1.54, 1.807) is 0 Å². The molecule has 0 amide bonds. The third-order valence-corrected chi connectivity index (χ3v) is 3.32. The summed E-state index contributed by atoms with van der Waals surface area (Å²) >= 11 is 0. The Morgan fingerprint density at radius 1 is 1.29 bits per heavy atom. The maximum absolute atomic E-state index is 5.96. The SMILES string of the molecule is CCNCc1cc2cccc(C(C)CC)c2o1. The van der Waals surface area contributed by atoms with Gasteiger partial charge in [-0.1, -0.05) is 39.0 Å². The van der Waals surface area contributed by atoms with Gasteiger partial charge in [0.05, 0.1) is 6.54 Å². The summed E-state index contributed by atoms with van der Waals surface area (Å²) < 4.78 is 5.96. The van der Waals surface area contributed by atoms with Gasteiger partial charge in [-0.3, -0.25) is 0 Å². The van der Waals surface area contributed by atoms with Crippen molar-refractivity contribution in [3.05, 3.63) is 35.6 Å². The van der Waals surface area contributed by atoms with Crippen LogP contribution in [-0.4, -0.2) is 6.54 Å². The maximum Gasteiger partial charge on any atom is 0.137 e. The number of rotatable bonds is 5. The fourth-order valence-corrected chi connectivity index (χ4v) is 2.08. The Morgan fingerprint density at radius 3 is 2.82 bits per heavy atom. The third-order valence-electron chi connectivity index (χ3n) is 3.32. The molecule has 0 radical (unpaired) electrons. The molecule has 2 nitrogen and oxygen atoms in total. The molecule has 1 aromatic heterocycles. The second-order valence-corrected chi connectivity index (χ2v) is 4.57. The Labute approximate surface area is 103 Å². The van der Waals surface area contributed by atoms with Gasteiger partial charge in [-0.15, -0.1) is 0 Å². The number of para-hydroxylation sites is 1. The normalized spacial score (nSPS) is 13.1. The summed E-state index contributed by atoms with van der Waals surface area (Å²) in [6.45, 7) is 8.35. The van der Waals surface area contributed by atoms with E-state index in [2.05, 4.69) is 50.4 Å². The maximum atomic E-state index is 5.96. The summed E-state index contributed by atoms with van der Waals surface area (Å²) in [5.41, 5.74) is 2.39. The lowest BCUT2D eigenvalue weighted by Crippen LogP contribution is -2.10. The first-order valence-corrected chi connectivity index (χ1v) is 6.48. The lowest BCUT2D eigenvalue weighted by molar-refractivity contribution is 0.515. The van der Waals surface area contributed by atoms with Gasteiger partial charge in [0.1, 0.15) is 11.3 Å². The van der Waals surface area contributed by atoms with Crippen molar-refractivity contribution in [3.63, 3.8) is 0 Å². The Balaban J connectivity index is 2.38. The molecule has 1 unspecified atom stereocenters. The number of hydrogen-bond donors (Lipinski definition) is 1. The standard InChI is InChI=1S/C15H21NO/c1-4-11(3)14-8-6-7-12-9-13(10-16-5-2)17-15(12)14/h6-9,11,16H,4-5,10H2,1-3H3. The molecule has 2 aromatic rings. The summed E-state index contributed by atoms with van der Waals surface area (Å²) in [4.78, 5) is 0. The van der Waals surface area contributed by atoms with E-state index in [-0.39, 0.29) is 0 Å². The van der Waals surface area contributed by atoms with Crippen molar-refractivity contribution in [2.45, 2.75) is 39.7 Å². The van der Waals surface area contributed by atoms with E-state index in [1.165, 1.54) is 10.9 Å². The number of furan rings is 1. The molecule has 1 atom stereocenters. The van der Waals surface area contributed by atoms with Gasteiger partial charge < -0.3 is 9.73 Å². The summed E-state index contributed by atoms with van der Waals surface area (Å²) in [6, 6.07) is 8.57. The molecule has 2 heteroatoms. The van der Waals surface area contributed by atoms with Crippen LogP contribution in [0.2, 0.25) is 0 Å². The van der Waals surface area contributed by atoms with Gasteiger partial charge >= 0.3 is 0 Å². The zero-order valence-corrected chi connectivity index (χ0v) is 10.9. The highest BCUT2D eigenvalue weighted by Crippen LogP contribution is 2.29. The fourth-order valence-electron chi connectivity index (χ4n) is 2.08. The van der Waals surface area contributed by atoms with Crippen molar-refractivity contribution in [1.29, 1.82) is 0 Å². The van der Waals surface area contributed by atoms with E-state index in [0.717, 1.165) is 30.9 Å². The molecule has 1 aromatic carbocycles. The minimum Gasteiger partial charge on any atom is -0.459 e. The lowest BCUT2D eigenvalue weighted by atomic mass is 9.97. The average molecular weight is 231 g/mol. The largest absolute Gasteiger partial charge is 0.459 e. The first kappa shape index (κ1) is 12.2. The summed E-state index contributed by atoms with van der Waals surface area (Å²) in [5.74, 6) is 1.58. The van der Waals surface area contributed by atoms with Crippen LogP contribution in [0.5, 0.6) is 0 Å². The molecule has 0 bridgehead atoms. The van der Waals surface area contributed by atoms with Crippen molar-refractivity contribution >= 4 is 11.0 Å². The molecule has 0 fully saturated rings. The number of benzene rings is 1. The molecule has 1 heterocycles. The number of nitrogens with one attached hydrogen (secondary N) is 1. The average Bonchev–Trinajstić information content (AvgIpc) is 2.77. The van der Waals surface area contributed by atoms with E-state index in [9.17, 15) is 0 Å². The number of fused-ring (bicyclic) bond motifs is 1. The van der Waals surface area contributed by atoms with Crippen LogP contribution in [0, 0.1) is 0 Å². The van der Waals surface area contributed by atoms with Gasteiger partial charge in [0.2, 0.25) is 0 Å². The van der Waals surface area contributed by atoms with Gasteiger partial charge in [0.25, 0.3) is 0 Å². The highest BCUT2D eigenvalue weighted by Gasteiger charge is 2.11. The monoisotopic (exact) mass is 231 g/mol. The van der Waals surface area contributed by atoms with Crippen LogP contribution in [0.1, 0.15) is 44.4 Å². The van der Waals surface area contributed by atoms with E-state index < -0.39 is 0 Å². The molecule has 17 heavy (non-hydrogen) atoms. The van der Waals surface area contributed by atoms with Crippen LogP contribution < -0.4 is 5.32 Å². The zero-order chi connectivity index (χ0) is 12.3. The van der Waals surface area contributed by atoms with Gasteiger partial charge in [0, 0.05) is 5.39 Å². The fraction of sp³-hybridized carbons (Fsp3) is 0.467. The van der Waals surface area contributed by atoms with E-state index in [1.807, 2.05) is 0 Å². The number of hydrogen-bond acceptors (Lipinski definition) is 2. The lowest BCUT2D eigenvalue weighted by Gasteiger charge is -2.08. The first-order chi connectivity index (χ1) is 8.26. The molecular formula is C15H21NO. The van der Waals surface area contributed by atoms with Gasteiger partial charge in [0.15, 0.2) is 0 Å². The zero-order valence-electron chi connectivity index (χ0n) is 10.9. The first-order valence-electron chi connectivity index (χ1n) is 6.48. The molecule has 0 aliphatic heterocycles. The molecule has 2 rings (SSSR count). The van der Waals surface area contributed by atoms with Crippen molar-refractivity contribution < 1.29 is 4.42 Å². The van der Waals surface area contributed by atoms with Crippen LogP contribution >= 0.6 is 0 Å². The Hall–Kier alpha value is -1.28. The van der Waals surface area contributed by atoms with E-state index in [0.29, 0.717) is 5.92 Å². The molecule has 92 valence electrons. The van der Waals surface area contributed by atoms with E-state index in [4.69, 9.17) is 4.42 Å². The van der Waals surface area contributed by atoms with Crippen LogP contribution in [0.4, 0.5) is 0 Å². The summed E-state index contributed by atoms with van der Waals surface area (Å²) in [6.07, 6.45) is 1.14. The molecule has 0 spiro atoms. The van der Waals surface area contributed by atoms with Gasteiger partial charge in [-0.05, 0) is 30.5 Å². The predicted molar refractivity (Wildman–Crippen MR) is 72.3 cm³/mol. The van der Waals surface area contributed by atoms with E-state index >= 15 is 0 Å². The van der Waals surface area contributed by atoms with Crippen molar-refractivity contribution in [1.82, 2.24) is 5.32 Å². The second kappa shape index (κ2) is 5.37. The molecule has 0 saturated carbocycles. The molecule has 1 N–H and O–H groups in total. The van der Waals surface area contributed by atoms with Gasteiger partial charge in [-0.2, -0.15) is 0 Å². The second-order valence-electron chi connectivity index (χ2n) is 4.57. The van der Waals surface area contributed by atoms with Crippen LogP contribution in [0.25, 0.3) is 11.0 Å². The Kier molecular flexibility index (Phi) is 3.85. The highest BCUT2D eigenvalue weighted by molar-refractivity contribution is 5.81. The minimum atomic E-state index is 0.553. The quantitative estimate of drug-likeness (QED) is 0.839. The van der Waals surface area contributed by atoms with Crippen LogP contribution in [0.15, 0.2) is 28.7 Å². The topological polar surface area (TPSA) is 25.2 Å². The Bertz CT molecular complexity index is 487. The van der Waals surface area contributed by atoms with Crippen LogP contribution in [0.3, 0.4) is 0 Å². The van der Waals surface area contributed by atoms with Crippen molar-refractivity contribution in [2.75, 3.05) is 6.54 Å². The Morgan fingerprint density at radius 2 is 2.12 bits per heavy atom. The molecule has 0 aliphatic rings. The molecule has 0 saturated heterocycles. The molecule has 0 aliphatic carbocycles. The minimum absolute atomic E-state index is 0.553. The van der Waals surface area contributed by atoms with Gasteiger partial charge in [-0.25, -0.2) is 0 Å². The third kappa shape index (κ3) is 2.52. The predicted octanol–water partition coefficient (Wildman–Crippen LogP) is 4.06. The van der Waals surface area contributed by atoms with Crippen LogP contribution in [-0.2, 0) is 6.54 Å². The van der Waals surface area contributed by atoms with Crippen molar-refractivity contribution in [2.24, 2.45) is 0 Å².